The van der Waals surface area contributed by atoms with Crippen molar-refractivity contribution in [1.29, 1.82) is 0 Å². The Morgan fingerprint density at radius 2 is 1.48 bits per heavy atom. The van der Waals surface area contributed by atoms with E-state index < -0.39 is 46.6 Å². The Balaban J connectivity index is 1.99. The van der Waals surface area contributed by atoms with Gasteiger partial charge in [0.25, 0.3) is 5.91 Å². The maximum absolute atomic E-state index is 14.0. The first-order valence-electron chi connectivity index (χ1n) is 8.29. The van der Waals surface area contributed by atoms with E-state index in [4.69, 9.17) is 4.74 Å². The second kappa shape index (κ2) is 7.90. The maximum atomic E-state index is 14.0. The Morgan fingerprint density at radius 1 is 0.931 bits per heavy atom. The van der Waals surface area contributed by atoms with Crippen LogP contribution < -0.4 is 10.2 Å². The minimum Gasteiger partial charge on any atom is -0.378 e. The average Bonchev–Trinajstić information content (AvgIpc) is 2.69. The fourth-order valence-electron chi connectivity index (χ4n) is 2.92. The van der Waals surface area contributed by atoms with Crippen LogP contribution in [-0.4, -0.2) is 32.2 Å². The predicted octanol–water partition coefficient (Wildman–Crippen LogP) is 4.35. The molecule has 1 heterocycles. The van der Waals surface area contributed by atoms with Crippen molar-refractivity contribution < 1.29 is 40.3 Å². The molecule has 1 N–H and O–H groups in total. The van der Waals surface area contributed by atoms with Crippen molar-refractivity contribution >= 4 is 17.3 Å². The monoisotopic (exact) mass is 422 g/mol. The van der Waals surface area contributed by atoms with Gasteiger partial charge in [-0.05, 0) is 12.1 Å². The molecule has 1 aliphatic rings. The van der Waals surface area contributed by atoms with Gasteiger partial charge in [-0.15, -0.1) is 0 Å². The molecule has 11 heteroatoms. The molecular formula is C18H13F7N2O2. The maximum Gasteiger partial charge on any atom is 0.422 e. The van der Waals surface area contributed by atoms with Crippen LogP contribution in [0.3, 0.4) is 0 Å². The van der Waals surface area contributed by atoms with Crippen LogP contribution in [0.4, 0.5) is 42.1 Å². The van der Waals surface area contributed by atoms with Crippen LogP contribution in [-0.2, 0) is 10.9 Å². The van der Waals surface area contributed by atoms with E-state index in [2.05, 4.69) is 0 Å². The summed E-state index contributed by atoms with van der Waals surface area (Å²) in [5.74, 6) is -11.1. The highest BCUT2D eigenvalue weighted by atomic mass is 19.4. The van der Waals surface area contributed by atoms with E-state index >= 15 is 0 Å². The molecule has 0 unspecified atom stereocenters. The zero-order valence-corrected chi connectivity index (χ0v) is 14.5. The van der Waals surface area contributed by atoms with Gasteiger partial charge in [0.1, 0.15) is 11.3 Å². The van der Waals surface area contributed by atoms with Crippen LogP contribution in [0.5, 0.6) is 0 Å². The van der Waals surface area contributed by atoms with Crippen molar-refractivity contribution in [3.8, 4) is 0 Å². The normalized spacial score (nSPS) is 14.8. The third kappa shape index (κ3) is 4.00. The molecule has 0 aliphatic carbocycles. The number of carbonyl (C=O) groups excluding carboxylic acids is 1. The molecule has 0 bridgehead atoms. The van der Waals surface area contributed by atoms with E-state index in [-0.39, 0.29) is 5.56 Å². The van der Waals surface area contributed by atoms with Crippen LogP contribution in [0.25, 0.3) is 0 Å². The number of rotatable bonds is 3. The van der Waals surface area contributed by atoms with Crippen LogP contribution in [0.2, 0.25) is 0 Å². The van der Waals surface area contributed by atoms with Gasteiger partial charge in [-0.3, -0.25) is 4.79 Å². The van der Waals surface area contributed by atoms with Gasteiger partial charge in [-0.1, -0.05) is 12.1 Å². The van der Waals surface area contributed by atoms with E-state index in [0.717, 1.165) is 0 Å². The van der Waals surface area contributed by atoms with Gasteiger partial charge >= 0.3 is 6.18 Å². The molecule has 0 spiro atoms. The summed E-state index contributed by atoms with van der Waals surface area (Å²) in [5.41, 5.74) is -4.08. The number of benzene rings is 2. The molecule has 0 atom stereocenters. The van der Waals surface area contributed by atoms with Gasteiger partial charge in [0, 0.05) is 18.8 Å². The Kier molecular flexibility index (Phi) is 5.69. The number of alkyl halides is 3. The number of carbonyl (C=O) groups is 1. The lowest BCUT2D eigenvalue weighted by molar-refractivity contribution is -0.143. The number of morpholine rings is 1. The predicted molar refractivity (Wildman–Crippen MR) is 88.7 cm³/mol. The summed E-state index contributed by atoms with van der Waals surface area (Å²) in [6.07, 6.45) is -5.67. The summed E-state index contributed by atoms with van der Waals surface area (Å²) < 4.78 is 98.8. The van der Waals surface area contributed by atoms with E-state index in [0.29, 0.717) is 32.0 Å². The summed E-state index contributed by atoms with van der Waals surface area (Å²) >= 11 is 0. The molecule has 1 amide bonds. The summed E-state index contributed by atoms with van der Waals surface area (Å²) in [6.45, 7) is 1.57. The highest BCUT2D eigenvalue weighted by Crippen LogP contribution is 2.38. The van der Waals surface area contributed by atoms with Crippen molar-refractivity contribution in [2.75, 3.05) is 36.5 Å². The average molecular weight is 422 g/mol. The van der Waals surface area contributed by atoms with Gasteiger partial charge in [0.05, 0.1) is 18.8 Å². The molecule has 3 rings (SSSR count). The van der Waals surface area contributed by atoms with Crippen LogP contribution in [0, 0.1) is 23.3 Å². The highest BCUT2D eigenvalue weighted by molar-refractivity contribution is 6.08. The van der Waals surface area contributed by atoms with E-state index in [1.54, 1.807) is 22.3 Å². The van der Waals surface area contributed by atoms with E-state index in [9.17, 15) is 35.5 Å². The quantitative estimate of drug-likeness (QED) is 0.591. The smallest absolute Gasteiger partial charge is 0.378 e. The third-order valence-electron chi connectivity index (χ3n) is 4.29. The largest absolute Gasteiger partial charge is 0.422 e. The van der Waals surface area contributed by atoms with Gasteiger partial charge in [-0.2, -0.15) is 13.2 Å². The first-order valence-corrected chi connectivity index (χ1v) is 8.29. The molecule has 1 aliphatic heterocycles. The van der Waals surface area contributed by atoms with E-state index in [1.165, 1.54) is 12.1 Å². The zero-order chi connectivity index (χ0) is 21.3. The number of nitrogens with zero attached hydrogens (tertiary/aromatic N) is 1. The van der Waals surface area contributed by atoms with Crippen LogP contribution >= 0.6 is 0 Å². The molecule has 0 saturated carbocycles. The zero-order valence-electron chi connectivity index (χ0n) is 14.5. The number of nitrogens with one attached hydrogen (secondary N) is 1. The molecule has 1 fully saturated rings. The highest BCUT2D eigenvalue weighted by Gasteiger charge is 2.42. The molecule has 2 aromatic rings. The standard InChI is InChI=1S/C18H13F7N2O2/c19-12-11(18(23,24)25)13(20)15(22)16(14(12)21)26-17(28)9-3-1-2-4-10(9)27-5-7-29-8-6-27/h1-4H,5-8H2,(H,26,28). The Hall–Kier alpha value is -2.82. The fourth-order valence-corrected chi connectivity index (χ4v) is 2.92. The fraction of sp³-hybridized carbons (Fsp3) is 0.278. The number of hydrogen-bond acceptors (Lipinski definition) is 3. The molecule has 29 heavy (non-hydrogen) atoms. The molecule has 0 aromatic heterocycles. The Bertz CT molecular complexity index is 912. The van der Waals surface area contributed by atoms with Gasteiger partial charge in [-0.25, -0.2) is 17.6 Å². The molecule has 1 saturated heterocycles. The van der Waals surface area contributed by atoms with Crippen molar-refractivity contribution in [2.45, 2.75) is 6.18 Å². The number of amides is 1. The van der Waals surface area contributed by atoms with Crippen LogP contribution in [0.15, 0.2) is 24.3 Å². The van der Waals surface area contributed by atoms with Crippen LogP contribution in [0.1, 0.15) is 15.9 Å². The lowest BCUT2D eigenvalue weighted by Gasteiger charge is -2.30. The molecule has 156 valence electrons. The topological polar surface area (TPSA) is 41.6 Å². The first-order chi connectivity index (χ1) is 13.6. The first kappa shape index (κ1) is 20.9. The second-order valence-corrected chi connectivity index (χ2v) is 6.07. The summed E-state index contributed by atoms with van der Waals surface area (Å²) in [6, 6.07) is 5.88. The minimum absolute atomic E-state index is 0.0890. The molecular weight excluding hydrogens is 409 g/mol. The lowest BCUT2D eigenvalue weighted by atomic mass is 10.1. The Labute approximate surface area is 159 Å². The molecule has 0 radical (unpaired) electrons. The van der Waals surface area contributed by atoms with Gasteiger partial charge in [0.15, 0.2) is 23.3 Å². The van der Waals surface area contributed by atoms with E-state index in [1.807, 2.05) is 0 Å². The van der Waals surface area contributed by atoms with Gasteiger partial charge < -0.3 is 15.0 Å². The van der Waals surface area contributed by atoms with Gasteiger partial charge in [0.2, 0.25) is 0 Å². The van der Waals surface area contributed by atoms with Crippen molar-refractivity contribution in [3.05, 3.63) is 58.7 Å². The second-order valence-electron chi connectivity index (χ2n) is 6.07. The summed E-state index contributed by atoms with van der Waals surface area (Å²) in [5, 5.41) is 1.64. The lowest BCUT2D eigenvalue weighted by Crippen LogP contribution is -2.37. The molecule has 4 nitrogen and oxygen atoms in total. The Morgan fingerprint density at radius 3 is 2.03 bits per heavy atom. The number of halogens is 7. The number of hydrogen-bond donors (Lipinski definition) is 1. The SMILES string of the molecule is O=C(Nc1c(F)c(F)c(C(F)(F)F)c(F)c1F)c1ccccc1N1CCOCC1. The van der Waals surface area contributed by atoms with Crippen molar-refractivity contribution in [1.82, 2.24) is 0 Å². The van der Waals surface area contributed by atoms with Crippen molar-refractivity contribution in [2.24, 2.45) is 0 Å². The third-order valence-corrected chi connectivity index (χ3v) is 4.29. The summed E-state index contributed by atoms with van der Waals surface area (Å²) in [4.78, 5) is 14.3. The summed E-state index contributed by atoms with van der Waals surface area (Å²) in [7, 11) is 0. The number of ether oxygens (including phenoxy) is 1. The molecule has 2 aromatic carbocycles. The van der Waals surface area contributed by atoms with Crippen molar-refractivity contribution in [3.63, 3.8) is 0 Å². The number of anilines is 2. The number of para-hydroxylation sites is 1. The minimum atomic E-state index is -5.67.